The standard InChI is InChI=1S/C23H26N6O2S/c1-3-10-18-24-21(31-27-18)15(2)32-23-25-20-19(17-13-8-5-9-14-28(17)23)22(30)29(26-20)16-11-6-4-7-12-16/h4,6-7,11-12,15H,3,5,8-10,13-14H2,1-2H3/t15-/m1/s1. The molecule has 0 fully saturated rings. The van der Waals surface area contributed by atoms with Gasteiger partial charge in [0.1, 0.15) is 5.56 Å². The smallest absolute Gasteiger partial charge is 0.284 e. The Morgan fingerprint density at radius 3 is 2.81 bits per heavy atom. The van der Waals surface area contributed by atoms with Crippen molar-refractivity contribution in [1.82, 2.24) is 29.5 Å². The molecule has 0 saturated heterocycles. The molecule has 0 saturated carbocycles. The van der Waals surface area contributed by atoms with Gasteiger partial charge in [0.15, 0.2) is 16.8 Å². The molecule has 2 aromatic rings. The first-order valence-electron chi connectivity index (χ1n) is 11.2. The number of rotatable bonds is 6. The lowest BCUT2D eigenvalue weighted by Crippen LogP contribution is -2.19. The van der Waals surface area contributed by atoms with Crippen LogP contribution in [-0.2, 0) is 19.4 Å². The Hall–Kier alpha value is -2.94. The highest BCUT2D eigenvalue weighted by molar-refractivity contribution is 7.99. The van der Waals surface area contributed by atoms with Gasteiger partial charge in [-0.3, -0.25) is 4.79 Å². The van der Waals surface area contributed by atoms with Crippen LogP contribution in [0.25, 0.3) is 17.1 Å². The van der Waals surface area contributed by atoms with Crippen LogP contribution < -0.4 is 5.56 Å². The second kappa shape index (κ2) is 8.90. The number of aromatic nitrogens is 6. The lowest BCUT2D eigenvalue weighted by Gasteiger charge is -2.18. The van der Waals surface area contributed by atoms with Crippen molar-refractivity contribution in [1.29, 1.82) is 0 Å². The van der Waals surface area contributed by atoms with Crippen LogP contribution in [0.3, 0.4) is 0 Å². The zero-order valence-electron chi connectivity index (χ0n) is 18.3. The first-order valence-corrected chi connectivity index (χ1v) is 12.1. The summed E-state index contributed by atoms with van der Waals surface area (Å²) in [5.41, 5.74) is 2.32. The molecule has 8 nitrogen and oxygen atoms in total. The van der Waals surface area contributed by atoms with Gasteiger partial charge in [0.05, 0.1) is 10.9 Å². The van der Waals surface area contributed by atoms with Gasteiger partial charge < -0.3 is 9.09 Å². The Balaban J connectivity index is 1.59. The van der Waals surface area contributed by atoms with Crippen molar-refractivity contribution in [2.45, 2.75) is 69.3 Å². The molecule has 0 radical (unpaired) electrons. The Kier molecular flexibility index (Phi) is 5.82. The van der Waals surface area contributed by atoms with Gasteiger partial charge in [-0.05, 0) is 44.7 Å². The van der Waals surface area contributed by atoms with E-state index in [0.29, 0.717) is 17.3 Å². The van der Waals surface area contributed by atoms with Crippen molar-refractivity contribution in [3.05, 3.63) is 58.1 Å². The molecule has 3 aliphatic heterocycles. The Bertz CT molecular complexity index is 1250. The highest BCUT2D eigenvalue weighted by Gasteiger charge is 2.28. The topological polar surface area (TPSA) is 91.6 Å². The average Bonchev–Trinajstić information content (AvgIpc) is 3.31. The molecule has 0 bridgehead atoms. The van der Waals surface area contributed by atoms with E-state index in [0.717, 1.165) is 67.4 Å². The number of nitrogens with zero attached hydrogens (tertiary/aromatic N) is 6. The molecule has 166 valence electrons. The fraction of sp³-hybridized carbons (Fsp3) is 0.435. The largest absolute Gasteiger partial charge is 0.338 e. The van der Waals surface area contributed by atoms with Crippen molar-refractivity contribution >= 4 is 11.8 Å². The quantitative estimate of drug-likeness (QED) is 0.316. The van der Waals surface area contributed by atoms with E-state index in [4.69, 9.17) is 9.51 Å². The first-order chi connectivity index (χ1) is 15.7. The molecule has 3 aliphatic rings. The van der Waals surface area contributed by atoms with Gasteiger partial charge in [-0.25, -0.2) is 4.98 Å². The lowest BCUT2D eigenvalue weighted by molar-refractivity contribution is 0.374. The van der Waals surface area contributed by atoms with Gasteiger partial charge >= 0.3 is 0 Å². The molecule has 1 aromatic carbocycles. The molecule has 9 heteroatoms. The highest BCUT2D eigenvalue weighted by atomic mass is 32.2. The molecular weight excluding hydrogens is 424 g/mol. The zero-order chi connectivity index (χ0) is 22.1. The van der Waals surface area contributed by atoms with Crippen molar-refractivity contribution < 1.29 is 4.52 Å². The monoisotopic (exact) mass is 450 g/mol. The number of para-hydroxylation sites is 1. The van der Waals surface area contributed by atoms with Crippen LogP contribution in [0.4, 0.5) is 0 Å². The summed E-state index contributed by atoms with van der Waals surface area (Å²) < 4.78 is 9.17. The van der Waals surface area contributed by atoms with Crippen LogP contribution in [-0.4, -0.2) is 29.5 Å². The Labute approximate surface area is 190 Å². The molecule has 0 unspecified atom stereocenters. The SMILES string of the molecule is CCCc1noc([C@@H](C)Sc2nc3nn(-c4ccccc4)c(=O)c-3c3n2CCCCC3)n1. The van der Waals surface area contributed by atoms with E-state index in [9.17, 15) is 4.79 Å². The summed E-state index contributed by atoms with van der Waals surface area (Å²) in [7, 11) is 0. The van der Waals surface area contributed by atoms with E-state index < -0.39 is 0 Å². The summed E-state index contributed by atoms with van der Waals surface area (Å²) in [6.07, 6.45) is 5.88. The molecule has 5 rings (SSSR count). The molecule has 4 heterocycles. The molecule has 0 aliphatic carbocycles. The third-order valence-corrected chi connectivity index (χ3v) is 6.83. The minimum atomic E-state index is -0.102. The summed E-state index contributed by atoms with van der Waals surface area (Å²) >= 11 is 1.58. The number of hydrogen-bond acceptors (Lipinski definition) is 7. The third kappa shape index (κ3) is 3.85. The molecule has 1 aromatic heterocycles. The maximum absolute atomic E-state index is 13.3. The molecule has 0 spiro atoms. The lowest BCUT2D eigenvalue weighted by atomic mass is 10.1. The zero-order valence-corrected chi connectivity index (χ0v) is 19.1. The predicted molar refractivity (Wildman–Crippen MR) is 122 cm³/mol. The minimum Gasteiger partial charge on any atom is -0.338 e. The molecule has 32 heavy (non-hydrogen) atoms. The maximum atomic E-state index is 13.3. The van der Waals surface area contributed by atoms with Crippen LogP contribution in [0.15, 0.2) is 44.8 Å². The molecule has 1 atom stereocenters. The van der Waals surface area contributed by atoms with E-state index in [-0.39, 0.29) is 10.8 Å². The van der Waals surface area contributed by atoms with Gasteiger partial charge in [0.25, 0.3) is 5.56 Å². The summed E-state index contributed by atoms with van der Waals surface area (Å²) in [4.78, 5) is 22.7. The number of benzene rings is 1. The summed E-state index contributed by atoms with van der Waals surface area (Å²) in [5, 5.41) is 9.48. The van der Waals surface area contributed by atoms with E-state index in [1.54, 1.807) is 11.8 Å². The van der Waals surface area contributed by atoms with Crippen molar-refractivity contribution in [3.63, 3.8) is 0 Å². The van der Waals surface area contributed by atoms with Crippen LogP contribution >= 0.6 is 11.8 Å². The maximum Gasteiger partial charge on any atom is 0.284 e. The number of fused-ring (bicyclic) bond motifs is 3. The Morgan fingerprint density at radius 2 is 2.00 bits per heavy atom. The van der Waals surface area contributed by atoms with Gasteiger partial charge in [-0.15, -0.1) is 5.10 Å². The van der Waals surface area contributed by atoms with E-state index in [1.807, 2.05) is 37.3 Å². The summed E-state index contributed by atoms with van der Waals surface area (Å²) in [6.45, 7) is 4.98. The average molecular weight is 451 g/mol. The van der Waals surface area contributed by atoms with Crippen molar-refractivity contribution in [2.24, 2.45) is 0 Å². The predicted octanol–water partition coefficient (Wildman–Crippen LogP) is 4.45. The Morgan fingerprint density at radius 1 is 1.16 bits per heavy atom. The molecule has 0 N–H and O–H groups in total. The number of hydrogen-bond donors (Lipinski definition) is 0. The third-order valence-electron chi connectivity index (χ3n) is 5.75. The van der Waals surface area contributed by atoms with Crippen LogP contribution in [0, 0.1) is 0 Å². The summed E-state index contributed by atoms with van der Waals surface area (Å²) in [6, 6.07) is 9.52. The fourth-order valence-electron chi connectivity index (χ4n) is 4.15. The molecule has 0 amide bonds. The van der Waals surface area contributed by atoms with E-state index in [2.05, 4.69) is 26.7 Å². The normalized spacial score (nSPS) is 14.9. The van der Waals surface area contributed by atoms with Gasteiger partial charge in [-0.1, -0.05) is 48.5 Å². The van der Waals surface area contributed by atoms with E-state index >= 15 is 0 Å². The van der Waals surface area contributed by atoms with E-state index in [1.165, 1.54) is 4.68 Å². The second-order valence-corrected chi connectivity index (χ2v) is 9.42. The molecular formula is C23H26N6O2S. The fourth-order valence-corrected chi connectivity index (χ4v) is 5.13. The van der Waals surface area contributed by atoms with Crippen LogP contribution in [0.1, 0.15) is 62.2 Å². The minimum absolute atomic E-state index is 0.0548. The van der Waals surface area contributed by atoms with Crippen molar-refractivity contribution in [2.75, 3.05) is 0 Å². The van der Waals surface area contributed by atoms with Crippen molar-refractivity contribution in [3.8, 4) is 17.1 Å². The first kappa shape index (κ1) is 20.9. The second-order valence-electron chi connectivity index (χ2n) is 8.11. The van der Waals surface area contributed by atoms with Crippen LogP contribution in [0.5, 0.6) is 0 Å². The van der Waals surface area contributed by atoms with Gasteiger partial charge in [0, 0.05) is 18.7 Å². The highest BCUT2D eigenvalue weighted by Crippen LogP contribution is 2.37. The van der Waals surface area contributed by atoms with Gasteiger partial charge in [-0.2, -0.15) is 9.67 Å². The van der Waals surface area contributed by atoms with Gasteiger partial charge in [0.2, 0.25) is 5.89 Å². The number of thioether (sulfide) groups is 1. The summed E-state index contributed by atoms with van der Waals surface area (Å²) in [5.74, 6) is 1.84. The van der Waals surface area contributed by atoms with Crippen LogP contribution in [0.2, 0.25) is 0 Å². The number of aryl methyl sites for hydroxylation is 1.